The fraction of sp³-hybridized carbons (Fsp3) is 0.783. The van der Waals surface area contributed by atoms with E-state index >= 15 is 0 Å². The molecule has 8 N–H and O–H groups in total. The Bertz CT molecular complexity index is 681. The molecule has 2 unspecified atom stereocenters. The number of amides is 4. The van der Waals surface area contributed by atoms with Gasteiger partial charge < -0.3 is 46.5 Å². The topological polar surface area (TPSA) is 242 Å². The molecule has 0 radical (unpaired) electrons. The molecule has 0 saturated carbocycles. The van der Waals surface area contributed by atoms with Gasteiger partial charge in [0, 0.05) is 25.4 Å². The summed E-state index contributed by atoms with van der Waals surface area (Å²) in [5.41, 5.74) is 10.7. The molecule has 16 nitrogen and oxygen atoms in total. The standard InChI is InChI=1S/C10H20N2O5.C6H16N2O.C6H7NO5.CH4/c1-16-9(14)11-6-4-3-5-8(7-13)12-10(15)17-2;7-4-2-1-3-6(8)5-9;1-11-6(10)12-7-4(8)2-3-5(7)9;/h8,13H,3-7H2,1-2H3,(H,11,14)(H,12,15);6,9H,1-5,7-8H2;2-3H2,1H3;1H4. The SMILES string of the molecule is C.COC(=O)NCCCCC(CO)NC(=O)OC.COC(=O)ON1C(=O)CCC1=O.NCCCCC(N)CO. The molecule has 16 heteroatoms. The lowest BCUT2D eigenvalue weighted by molar-refractivity contribution is -0.176. The lowest BCUT2D eigenvalue weighted by Crippen LogP contribution is -2.37. The van der Waals surface area contributed by atoms with Gasteiger partial charge in [0.05, 0.1) is 40.6 Å². The summed E-state index contributed by atoms with van der Waals surface area (Å²) in [7, 11) is 3.66. The van der Waals surface area contributed by atoms with Crippen LogP contribution in [0.15, 0.2) is 0 Å². The molecule has 1 aliphatic rings. The van der Waals surface area contributed by atoms with Crippen LogP contribution >= 0.6 is 0 Å². The second kappa shape index (κ2) is 26.4. The Labute approximate surface area is 229 Å². The van der Waals surface area contributed by atoms with Crippen LogP contribution in [0.1, 0.15) is 58.8 Å². The van der Waals surface area contributed by atoms with Crippen LogP contribution in [0.5, 0.6) is 0 Å². The van der Waals surface area contributed by atoms with Crippen LogP contribution in [0.4, 0.5) is 14.4 Å². The highest BCUT2D eigenvalue weighted by Crippen LogP contribution is 2.12. The van der Waals surface area contributed by atoms with Gasteiger partial charge in [-0.25, -0.2) is 14.4 Å². The van der Waals surface area contributed by atoms with E-state index in [1.54, 1.807) is 0 Å². The number of aliphatic hydroxyl groups excluding tert-OH is 2. The van der Waals surface area contributed by atoms with Crippen molar-refractivity contribution in [2.75, 3.05) is 47.6 Å². The van der Waals surface area contributed by atoms with Gasteiger partial charge >= 0.3 is 18.3 Å². The normalized spacial score (nSPS) is 13.3. The highest BCUT2D eigenvalue weighted by molar-refractivity contribution is 6.01. The number of nitrogens with zero attached hydrogens (tertiary/aromatic N) is 1. The van der Waals surface area contributed by atoms with Gasteiger partial charge in [-0.15, -0.1) is 0 Å². The molecule has 0 aromatic carbocycles. The molecular weight excluding hydrogens is 522 g/mol. The Morgan fingerprint density at radius 3 is 1.92 bits per heavy atom. The number of nitrogens with one attached hydrogen (secondary N) is 2. The van der Waals surface area contributed by atoms with E-state index in [0.717, 1.165) is 45.8 Å². The van der Waals surface area contributed by atoms with E-state index in [2.05, 4.69) is 29.7 Å². The number of alkyl carbamates (subject to hydrolysis) is 2. The van der Waals surface area contributed by atoms with Gasteiger partial charge in [-0.05, 0) is 38.6 Å². The first-order valence-corrected chi connectivity index (χ1v) is 12.0. The zero-order chi connectivity index (χ0) is 29.3. The van der Waals surface area contributed by atoms with Crippen molar-refractivity contribution in [3.63, 3.8) is 0 Å². The van der Waals surface area contributed by atoms with Crippen molar-refractivity contribution in [3.8, 4) is 0 Å². The number of imide groups is 1. The molecule has 0 aromatic rings. The van der Waals surface area contributed by atoms with Gasteiger partial charge in [0.2, 0.25) is 0 Å². The minimum absolute atomic E-state index is 0. The second-order valence-electron chi connectivity index (χ2n) is 7.78. The number of hydrogen-bond acceptors (Lipinski definition) is 13. The summed E-state index contributed by atoms with van der Waals surface area (Å²) in [4.78, 5) is 57.9. The molecule has 1 aliphatic heterocycles. The zero-order valence-corrected chi connectivity index (χ0v) is 22.3. The second-order valence-corrected chi connectivity index (χ2v) is 7.78. The first kappa shape index (κ1) is 40.3. The van der Waals surface area contributed by atoms with Crippen molar-refractivity contribution in [1.29, 1.82) is 0 Å². The van der Waals surface area contributed by atoms with Crippen molar-refractivity contribution < 1.29 is 53.2 Å². The number of carbonyl (C=O) groups excluding carboxylic acids is 5. The number of hydrogen-bond donors (Lipinski definition) is 6. The van der Waals surface area contributed by atoms with Gasteiger partial charge in [-0.3, -0.25) is 14.4 Å². The largest absolute Gasteiger partial charge is 0.533 e. The van der Waals surface area contributed by atoms with E-state index < -0.39 is 30.2 Å². The summed E-state index contributed by atoms with van der Waals surface area (Å²) in [6.45, 7) is 1.17. The van der Waals surface area contributed by atoms with Crippen molar-refractivity contribution in [3.05, 3.63) is 0 Å². The Hall–Kier alpha value is -3.21. The molecular formula is C23H47N5O11. The van der Waals surface area contributed by atoms with E-state index in [9.17, 15) is 24.0 Å². The first-order chi connectivity index (χ1) is 18.1. The Kier molecular flexibility index (Phi) is 27.3. The zero-order valence-electron chi connectivity index (χ0n) is 22.3. The summed E-state index contributed by atoms with van der Waals surface area (Å²) >= 11 is 0. The van der Waals surface area contributed by atoms with E-state index in [4.69, 9.17) is 21.7 Å². The van der Waals surface area contributed by atoms with Crippen LogP contribution in [-0.2, 0) is 28.6 Å². The van der Waals surface area contributed by atoms with Gasteiger partial charge in [0.15, 0.2) is 0 Å². The predicted octanol–water partition coefficient (Wildman–Crippen LogP) is 0.134. The van der Waals surface area contributed by atoms with Crippen molar-refractivity contribution in [2.45, 2.75) is 70.9 Å². The van der Waals surface area contributed by atoms with Crippen LogP contribution in [0, 0.1) is 0 Å². The third kappa shape index (κ3) is 22.5. The fourth-order valence-electron chi connectivity index (χ4n) is 2.62. The molecule has 1 rings (SSSR count). The molecule has 1 fully saturated rings. The third-order valence-electron chi connectivity index (χ3n) is 4.76. The molecule has 4 amide bonds. The van der Waals surface area contributed by atoms with Gasteiger partial charge in [0.25, 0.3) is 11.8 Å². The number of nitrogens with two attached hydrogens (primary N) is 2. The van der Waals surface area contributed by atoms with Crippen molar-refractivity contribution >= 4 is 30.2 Å². The number of carbonyl (C=O) groups is 5. The highest BCUT2D eigenvalue weighted by Gasteiger charge is 2.33. The third-order valence-corrected chi connectivity index (χ3v) is 4.76. The maximum absolute atomic E-state index is 10.9. The maximum atomic E-state index is 10.9. The summed E-state index contributed by atoms with van der Waals surface area (Å²) in [5.74, 6) is -1.05. The first-order valence-electron chi connectivity index (χ1n) is 12.0. The Morgan fingerprint density at radius 2 is 1.46 bits per heavy atom. The van der Waals surface area contributed by atoms with Crippen LogP contribution in [0.3, 0.4) is 0 Å². The van der Waals surface area contributed by atoms with Gasteiger partial charge in [0.1, 0.15) is 0 Å². The molecule has 1 saturated heterocycles. The average molecular weight is 570 g/mol. The fourth-order valence-corrected chi connectivity index (χ4v) is 2.62. The number of aliphatic hydroxyl groups is 2. The molecule has 230 valence electrons. The lowest BCUT2D eigenvalue weighted by Gasteiger charge is -2.14. The summed E-state index contributed by atoms with van der Waals surface area (Å²) in [5, 5.41) is 22.9. The average Bonchev–Trinajstić information content (AvgIpc) is 3.24. The Balaban J connectivity index is -0.000000518. The van der Waals surface area contributed by atoms with E-state index in [-0.39, 0.29) is 45.6 Å². The number of hydroxylamine groups is 2. The summed E-state index contributed by atoms with van der Waals surface area (Å²) < 4.78 is 12.9. The summed E-state index contributed by atoms with van der Waals surface area (Å²) in [6.07, 6.45) is 3.11. The van der Waals surface area contributed by atoms with E-state index in [1.807, 2.05) is 0 Å². The number of methoxy groups -OCH3 is 3. The predicted molar refractivity (Wildman–Crippen MR) is 140 cm³/mol. The van der Waals surface area contributed by atoms with Crippen molar-refractivity contribution in [2.24, 2.45) is 11.5 Å². The van der Waals surface area contributed by atoms with E-state index in [1.165, 1.54) is 14.2 Å². The lowest BCUT2D eigenvalue weighted by atomic mass is 10.1. The summed E-state index contributed by atoms with van der Waals surface area (Å²) in [6, 6.07) is -0.364. The van der Waals surface area contributed by atoms with E-state index in [0.29, 0.717) is 18.0 Å². The highest BCUT2D eigenvalue weighted by atomic mass is 16.8. The molecule has 0 bridgehead atoms. The quantitative estimate of drug-likeness (QED) is 0.0749. The smallest absolute Gasteiger partial charge is 0.453 e. The monoisotopic (exact) mass is 569 g/mol. The van der Waals surface area contributed by atoms with Crippen LogP contribution in [0.25, 0.3) is 0 Å². The number of rotatable bonds is 13. The van der Waals surface area contributed by atoms with Gasteiger partial charge in [-0.2, -0.15) is 0 Å². The molecule has 1 heterocycles. The van der Waals surface area contributed by atoms with Crippen LogP contribution < -0.4 is 22.1 Å². The molecule has 39 heavy (non-hydrogen) atoms. The Morgan fingerprint density at radius 1 is 0.897 bits per heavy atom. The van der Waals surface area contributed by atoms with Crippen LogP contribution in [-0.4, -0.2) is 105 Å². The molecule has 0 aliphatic carbocycles. The number of ether oxygens (including phenoxy) is 3. The van der Waals surface area contributed by atoms with Crippen LogP contribution in [0.2, 0.25) is 0 Å². The maximum Gasteiger partial charge on any atom is 0.533 e. The van der Waals surface area contributed by atoms with Crippen molar-refractivity contribution in [1.82, 2.24) is 15.7 Å². The molecule has 2 atom stereocenters. The number of unbranched alkanes of at least 4 members (excludes halogenated alkanes) is 2. The molecule has 0 aromatic heterocycles. The minimum Gasteiger partial charge on any atom is -0.453 e. The molecule has 0 spiro atoms. The minimum atomic E-state index is -1.07. The van der Waals surface area contributed by atoms with Gasteiger partial charge in [-0.1, -0.05) is 18.9 Å².